The van der Waals surface area contributed by atoms with E-state index in [2.05, 4.69) is 26.8 Å². The number of benzene rings is 1. The van der Waals surface area contributed by atoms with E-state index >= 15 is 0 Å². The van der Waals surface area contributed by atoms with Gasteiger partial charge in [0.2, 0.25) is 11.8 Å². The van der Waals surface area contributed by atoms with Crippen molar-refractivity contribution >= 4 is 40.0 Å². The van der Waals surface area contributed by atoms with E-state index in [-0.39, 0.29) is 29.3 Å². The van der Waals surface area contributed by atoms with Crippen LogP contribution in [0.2, 0.25) is 5.02 Å². The number of rotatable bonds is 5. The molecule has 1 atom stereocenters. The maximum atomic E-state index is 14.3. The topological polar surface area (TPSA) is 100 Å². The lowest BCUT2D eigenvalue weighted by molar-refractivity contribution is -0.125. The summed E-state index contributed by atoms with van der Waals surface area (Å²) in [5, 5.41) is 12.0. The molecule has 1 saturated heterocycles. The lowest BCUT2D eigenvalue weighted by Crippen LogP contribution is -2.29. The number of pyridine rings is 1. The first-order chi connectivity index (χ1) is 14.5. The lowest BCUT2D eigenvalue weighted by atomic mass is 10.2. The van der Waals surface area contributed by atoms with Crippen molar-refractivity contribution < 1.29 is 19.0 Å². The summed E-state index contributed by atoms with van der Waals surface area (Å²) in [7, 11) is 0. The fraction of sp³-hybridized carbons (Fsp3) is 0.200. The van der Waals surface area contributed by atoms with E-state index in [0.29, 0.717) is 36.4 Å². The van der Waals surface area contributed by atoms with Crippen molar-refractivity contribution in [1.82, 2.24) is 19.9 Å². The van der Waals surface area contributed by atoms with E-state index < -0.39 is 10.8 Å². The van der Waals surface area contributed by atoms with Gasteiger partial charge in [-0.15, -0.1) is 0 Å². The number of hydrogen-bond donors (Lipinski definition) is 2. The van der Waals surface area contributed by atoms with Crippen LogP contribution in [0.3, 0.4) is 0 Å². The third-order valence-electron chi connectivity index (χ3n) is 4.69. The summed E-state index contributed by atoms with van der Waals surface area (Å²) < 4.78 is 20.3. The predicted octanol–water partition coefficient (Wildman–Crippen LogP) is 3.43. The number of fused-ring (bicyclic) bond motifs is 1. The van der Waals surface area contributed by atoms with Crippen molar-refractivity contribution in [3.8, 4) is 11.6 Å². The lowest BCUT2D eigenvalue weighted by Gasteiger charge is -2.15. The SMILES string of the molecule is C=CC(=O)N1CC[C@H](Oc2ccc3ncnc(Nc4ccc(O)c(Cl)c4F)c3n2)C1. The van der Waals surface area contributed by atoms with Crippen LogP contribution >= 0.6 is 11.6 Å². The van der Waals surface area contributed by atoms with Crippen LogP contribution < -0.4 is 10.1 Å². The third-order valence-corrected chi connectivity index (χ3v) is 5.05. The zero-order chi connectivity index (χ0) is 21.3. The highest BCUT2D eigenvalue weighted by atomic mass is 35.5. The van der Waals surface area contributed by atoms with Crippen LogP contribution in [0.15, 0.2) is 43.2 Å². The highest BCUT2D eigenvalue weighted by Crippen LogP contribution is 2.33. The molecule has 0 radical (unpaired) electrons. The maximum Gasteiger partial charge on any atom is 0.246 e. The van der Waals surface area contributed by atoms with Crippen molar-refractivity contribution in [3.05, 3.63) is 54.1 Å². The summed E-state index contributed by atoms with van der Waals surface area (Å²) in [5.74, 6) is -0.721. The van der Waals surface area contributed by atoms with Crippen molar-refractivity contribution in [2.24, 2.45) is 0 Å². The molecule has 0 unspecified atom stereocenters. The van der Waals surface area contributed by atoms with Gasteiger partial charge in [0, 0.05) is 19.0 Å². The molecule has 0 bridgehead atoms. The van der Waals surface area contributed by atoms with Gasteiger partial charge in [0.05, 0.1) is 17.7 Å². The number of nitrogens with zero attached hydrogens (tertiary/aromatic N) is 4. The minimum absolute atomic E-state index is 0.0280. The minimum atomic E-state index is -0.811. The van der Waals surface area contributed by atoms with Gasteiger partial charge < -0.3 is 20.1 Å². The number of nitrogens with one attached hydrogen (secondary N) is 1. The van der Waals surface area contributed by atoms with Crippen LogP contribution in [0.5, 0.6) is 11.6 Å². The molecule has 0 saturated carbocycles. The number of amides is 1. The molecule has 2 N–H and O–H groups in total. The van der Waals surface area contributed by atoms with Crippen LogP contribution in [0.1, 0.15) is 6.42 Å². The number of anilines is 2. The number of aromatic nitrogens is 3. The molecule has 1 aliphatic heterocycles. The van der Waals surface area contributed by atoms with Gasteiger partial charge in [0.1, 0.15) is 28.7 Å². The Morgan fingerprint density at radius 1 is 1.37 bits per heavy atom. The number of phenols is 1. The van der Waals surface area contributed by atoms with E-state index in [9.17, 15) is 14.3 Å². The molecule has 1 amide bonds. The normalized spacial score (nSPS) is 15.9. The molecule has 1 fully saturated rings. The first kappa shape index (κ1) is 19.8. The van der Waals surface area contributed by atoms with Gasteiger partial charge in [-0.3, -0.25) is 4.79 Å². The number of ether oxygens (including phenoxy) is 1. The second-order valence-electron chi connectivity index (χ2n) is 6.64. The van der Waals surface area contributed by atoms with Gasteiger partial charge in [-0.05, 0) is 24.3 Å². The van der Waals surface area contributed by atoms with Gasteiger partial charge in [0.15, 0.2) is 11.6 Å². The largest absolute Gasteiger partial charge is 0.506 e. The Bertz CT molecular complexity index is 1140. The number of likely N-dealkylation sites (tertiary alicyclic amines) is 1. The van der Waals surface area contributed by atoms with E-state index in [1.807, 2.05) is 0 Å². The minimum Gasteiger partial charge on any atom is -0.506 e. The van der Waals surface area contributed by atoms with Gasteiger partial charge >= 0.3 is 0 Å². The van der Waals surface area contributed by atoms with Gasteiger partial charge in [-0.25, -0.2) is 19.3 Å². The second-order valence-corrected chi connectivity index (χ2v) is 7.02. The summed E-state index contributed by atoms with van der Waals surface area (Å²) in [6, 6.07) is 6.01. The van der Waals surface area contributed by atoms with E-state index in [4.69, 9.17) is 16.3 Å². The predicted molar refractivity (Wildman–Crippen MR) is 110 cm³/mol. The zero-order valence-corrected chi connectivity index (χ0v) is 16.4. The molecular weight excluding hydrogens is 413 g/mol. The van der Waals surface area contributed by atoms with Gasteiger partial charge in [-0.2, -0.15) is 0 Å². The zero-order valence-electron chi connectivity index (χ0n) is 15.7. The molecule has 1 aromatic carbocycles. The molecular formula is C20H17ClFN5O3. The molecule has 4 rings (SSSR count). The van der Waals surface area contributed by atoms with Crippen LogP contribution in [-0.4, -0.2) is 50.1 Å². The molecule has 1 aliphatic rings. The maximum absolute atomic E-state index is 14.3. The standard InChI is InChI=1S/C20H17ClFN5O3/c1-2-16(29)27-8-7-11(9-27)30-15-6-4-13-19(26-15)20(24-10-23-13)25-12-3-5-14(28)17(21)18(12)22/h2-6,10-11,28H,1,7-9H2,(H,23,24,25)/t11-/m0/s1. The number of phenolic OH excluding ortho intramolecular Hbond substituents is 1. The van der Waals surface area contributed by atoms with E-state index in [1.165, 1.54) is 24.5 Å². The van der Waals surface area contributed by atoms with Crippen LogP contribution in [0.25, 0.3) is 11.0 Å². The average Bonchev–Trinajstić information content (AvgIpc) is 3.22. The summed E-state index contributed by atoms with van der Waals surface area (Å²) in [6.07, 6.45) is 3.07. The van der Waals surface area contributed by atoms with E-state index in [1.54, 1.807) is 17.0 Å². The summed E-state index contributed by atoms with van der Waals surface area (Å²) >= 11 is 5.76. The molecule has 30 heavy (non-hydrogen) atoms. The number of hydrogen-bond acceptors (Lipinski definition) is 7. The summed E-state index contributed by atoms with van der Waals surface area (Å²) in [4.78, 5) is 26.2. The Kier molecular flexibility index (Phi) is 5.37. The molecule has 2 aromatic heterocycles. The smallest absolute Gasteiger partial charge is 0.246 e. The molecule has 3 heterocycles. The van der Waals surface area contributed by atoms with Crippen LogP contribution in [-0.2, 0) is 4.79 Å². The molecule has 154 valence electrons. The number of aromatic hydroxyl groups is 1. The van der Waals surface area contributed by atoms with Crippen LogP contribution in [0.4, 0.5) is 15.9 Å². The monoisotopic (exact) mass is 429 g/mol. The van der Waals surface area contributed by atoms with Gasteiger partial charge in [0.25, 0.3) is 0 Å². The average molecular weight is 430 g/mol. The number of carbonyl (C=O) groups is 1. The Balaban J connectivity index is 1.59. The molecule has 0 aliphatic carbocycles. The van der Waals surface area contributed by atoms with Crippen molar-refractivity contribution in [3.63, 3.8) is 0 Å². The van der Waals surface area contributed by atoms with E-state index in [0.717, 1.165) is 0 Å². The first-order valence-electron chi connectivity index (χ1n) is 9.10. The fourth-order valence-electron chi connectivity index (χ4n) is 3.17. The van der Waals surface area contributed by atoms with Crippen molar-refractivity contribution in [2.45, 2.75) is 12.5 Å². The highest BCUT2D eigenvalue weighted by molar-refractivity contribution is 6.32. The molecule has 10 heteroatoms. The molecule has 0 spiro atoms. The Labute approximate surface area is 176 Å². The van der Waals surface area contributed by atoms with Crippen molar-refractivity contribution in [2.75, 3.05) is 18.4 Å². The quantitative estimate of drug-likeness (QED) is 0.473. The molecule has 8 nitrogen and oxygen atoms in total. The molecule has 3 aromatic rings. The Hall–Kier alpha value is -3.46. The third kappa shape index (κ3) is 3.84. The fourth-order valence-corrected chi connectivity index (χ4v) is 3.33. The van der Waals surface area contributed by atoms with Gasteiger partial charge in [-0.1, -0.05) is 18.2 Å². The first-order valence-corrected chi connectivity index (χ1v) is 9.48. The number of carbonyl (C=O) groups excluding carboxylic acids is 1. The highest BCUT2D eigenvalue weighted by Gasteiger charge is 2.26. The van der Waals surface area contributed by atoms with Crippen molar-refractivity contribution in [1.29, 1.82) is 0 Å². The summed E-state index contributed by atoms with van der Waals surface area (Å²) in [6.45, 7) is 4.52. The summed E-state index contributed by atoms with van der Waals surface area (Å²) in [5.41, 5.74) is 0.927. The second kappa shape index (κ2) is 8.11. The Morgan fingerprint density at radius 3 is 3.00 bits per heavy atom. The Morgan fingerprint density at radius 2 is 2.20 bits per heavy atom. The van der Waals surface area contributed by atoms with Crippen LogP contribution in [0, 0.1) is 5.82 Å². The number of halogens is 2.